The van der Waals surface area contributed by atoms with Crippen LogP contribution < -0.4 is 5.73 Å². The Balaban J connectivity index is 1.36. The number of fused-ring (bicyclic) bond motifs is 2. The van der Waals surface area contributed by atoms with E-state index in [1.54, 1.807) is 34.2 Å². The number of hydrogen-bond acceptors (Lipinski definition) is 6. The van der Waals surface area contributed by atoms with Crippen molar-refractivity contribution >= 4 is 40.4 Å². The predicted octanol–water partition coefficient (Wildman–Crippen LogP) is 4.35. The number of carbonyl (C=O) groups excluding carboxylic acids is 3. The number of benzene rings is 1. The molecule has 3 aromatic rings. The van der Waals surface area contributed by atoms with E-state index < -0.39 is 5.91 Å². The Labute approximate surface area is 232 Å². The molecule has 39 heavy (non-hydrogen) atoms. The summed E-state index contributed by atoms with van der Waals surface area (Å²) in [4.78, 5) is 49.8. The summed E-state index contributed by atoms with van der Waals surface area (Å²) in [5, 5.41) is 1.49. The molecule has 204 valence electrons. The molecule has 5 rings (SSSR count). The summed E-state index contributed by atoms with van der Waals surface area (Å²) >= 11 is 6.85. The summed E-state index contributed by atoms with van der Waals surface area (Å²) in [6, 6.07) is 8.98. The van der Waals surface area contributed by atoms with E-state index in [2.05, 4.69) is 4.98 Å². The molecule has 1 unspecified atom stereocenters. The number of ether oxygens (including phenoxy) is 1. The lowest BCUT2D eigenvalue weighted by molar-refractivity contribution is 0.0414. The number of piperazine rings is 1. The molecule has 1 saturated heterocycles. The monoisotopic (exact) mass is 549 g/mol. The third kappa shape index (κ3) is 5.41. The van der Waals surface area contributed by atoms with Crippen molar-refractivity contribution in [2.75, 3.05) is 26.2 Å². The Kier molecular flexibility index (Phi) is 7.70. The van der Waals surface area contributed by atoms with Crippen molar-refractivity contribution < 1.29 is 19.1 Å². The molecule has 0 spiro atoms. The highest BCUT2D eigenvalue weighted by Gasteiger charge is 2.31. The molecule has 1 aliphatic carbocycles. The first kappa shape index (κ1) is 26.9. The zero-order chi connectivity index (χ0) is 27.7. The van der Waals surface area contributed by atoms with Gasteiger partial charge in [0.1, 0.15) is 5.69 Å². The lowest BCUT2D eigenvalue weighted by atomic mass is 9.82. The third-order valence-corrected chi connectivity index (χ3v) is 8.05. The maximum Gasteiger partial charge on any atom is 0.409 e. The molecular formula is C29H32ClN5O4. The van der Waals surface area contributed by atoms with Crippen molar-refractivity contribution in [3.05, 3.63) is 69.6 Å². The van der Waals surface area contributed by atoms with Crippen LogP contribution in [0.4, 0.5) is 4.79 Å². The maximum atomic E-state index is 13.5. The Morgan fingerprint density at radius 1 is 1.18 bits per heavy atom. The van der Waals surface area contributed by atoms with Gasteiger partial charge in [-0.25, -0.2) is 4.79 Å². The van der Waals surface area contributed by atoms with Gasteiger partial charge in [0.25, 0.3) is 11.8 Å². The Morgan fingerprint density at radius 3 is 2.74 bits per heavy atom. The molecule has 1 fully saturated rings. The van der Waals surface area contributed by atoms with Gasteiger partial charge in [0.2, 0.25) is 0 Å². The molecule has 2 atom stereocenters. The first-order chi connectivity index (χ1) is 18.8. The highest BCUT2D eigenvalue weighted by atomic mass is 35.5. The Bertz CT molecular complexity index is 1440. The van der Waals surface area contributed by atoms with Crippen LogP contribution in [-0.4, -0.2) is 70.0 Å². The topological polar surface area (TPSA) is 119 Å². The molecule has 10 heteroatoms. The van der Waals surface area contributed by atoms with E-state index >= 15 is 0 Å². The summed E-state index contributed by atoms with van der Waals surface area (Å²) in [6.45, 7) is 5.56. The smallest absolute Gasteiger partial charge is 0.409 e. The Morgan fingerprint density at radius 2 is 2.00 bits per heavy atom. The molecule has 1 aromatic carbocycles. The molecule has 1 aliphatic heterocycles. The number of halogens is 1. The summed E-state index contributed by atoms with van der Waals surface area (Å²) < 4.78 is 5.26. The van der Waals surface area contributed by atoms with Gasteiger partial charge in [-0.2, -0.15) is 0 Å². The number of rotatable bonds is 5. The second-order valence-electron chi connectivity index (χ2n) is 10.3. The summed E-state index contributed by atoms with van der Waals surface area (Å²) in [5.41, 5.74) is 9.81. The summed E-state index contributed by atoms with van der Waals surface area (Å²) in [6.07, 6.45) is 4.34. The average Bonchev–Trinajstić information content (AvgIpc) is 2.95. The lowest BCUT2D eigenvalue weighted by Crippen LogP contribution is -2.55. The maximum absolute atomic E-state index is 13.5. The van der Waals surface area contributed by atoms with Crippen LogP contribution >= 0.6 is 11.6 Å². The van der Waals surface area contributed by atoms with Crippen molar-refractivity contribution in [2.24, 2.45) is 5.73 Å². The minimum absolute atomic E-state index is 0.102. The van der Waals surface area contributed by atoms with E-state index in [1.165, 1.54) is 0 Å². The highest BCUT2D eigenvalue weighted by Crippen LogP contribution is 2.38. The van der Waals surface area contributed by atoms with E-state index in [4.69, 9.17) is 27.1 Å². The third-order valence-electron chi connectivity index (χ3n) is 7.62. The molecule has 9 nitrogen and oxygen atoms in total. The number of nitrogens with two attached hydrogens (primary N) is 1. The van der Waals surface area contributed by atoms with E-state index in [9.17, 15) is 14.4 Å². The Hall–Kier alpha value is -3.72. The van der Waals surface area contributed by atoms with Crippen LogP contribution in [0, 0.1) is 0 Å². The number of amides is 3. The average molecular weight is 550 g/mol. The number of pyridine rings is 2. The molecule has 0 radical (unpaired) electrons. The van der Waals surface area contributed by atoms with Crippen LogP contribution in [0.2, 0.25) is 5.02 Å². The molecule has 2 aliphatic rings. The first-order valence-electron chi connectivity index (χ1n) is 13.4. The van der Waals surface area contributed by atoms with Gasteiger partial charge in [-0.1, -0.05) is 24.6 Å². The van der Waals surface area contributed by atoms with Crippen LogP contribution in [0.15, 0.2) is 36.5 Å². The lowest BCUT2D eigenvalue weighted by Gasteiger charge is -2.39. The van der Waals surface area contributed by atoms with Crippen LogP contribution in [0.3, 0.4) is 0 Å². The van der Waals surface area contributed by atoms with E-state index in [-0.39, 0.29) is 29.7 Å². The van der Waals surface area contributed by atoms with E-state index in [1.807, 2.05) is 26.0 Å². The molecular weight excluding hydrogens is 518 g/mol. The van der Waals surface area contributed by atoms with Gasteiger partial charge in [-0.15, -0.1) is 0 Å². The van der Waals surface area contributed by atoms with Gasteiger partial charge in [-0.3, -0.25) is 19.6 Å². The number of aromatic nitrogens is 2. The van der Waals surface area contributed by atoms with Crippen LogP contribution in [0.1, 0.15) is 70.3 Å². The minimum atomic E-state index is -0.551. The summed E-state index contributed by atoms with van der Waals surface area (Å²) in [7, 11) is 0. The van der Waals surface area contributed by atoms with Gasteiger partial charge in [0.05, 0.1) is 17.1 Å². The molecule has 0 saturated carbocycles. The second kappa shape index (κ2) is 11.2. The largest absolute Gasteiger partial charge is 0.449 e. The minimum Gasteiger partial charge on any atom is -0.449 e. The number of primary amides is 1. The highest BCUT2D eigenvalue weighted by molar-refractivity contribution is 6.36. The fraction of sp³-hybridized carbons (Fsp3) is 0.414. The van der Waals surface area contributed by atoms with Crippen molar-refractivity contribution in [1.29, 1.82) is 0 Å². The SMILES string of the molecule is CCCOC(=O)N1CCN(C(=O)c2ccc3c(Cl)c4c(nc3c2)CC(c2ccnc(C(N)=O)c2)CC4)[C@@H](C)C1. The zero-order valence-electron chi connectivity index (χ0n) is 22.2. The normalized spacial score (nSPS) is 19.1. The van der Waals surface area contributed by atoms with Gasteiger partial charge < -0.3 is 20.3 Å². The van der Waals surface area contributed by atoms with Crippen molar-refractivity contribution in [3.63, 3.8) is 0 Å². The van der Waals surface area contributed by atoms with E-state index in [0.29, 0.717) is 48.8 Å². The summed E-state index contributed by atoms with van der Waals surface area (Å²) in [5.74, 6) is -0.495. The van der Waals surface area contributed by atoms with Crippen LogP contribution in [-0.2, 0) is 17.6 Å². The molecule has 3 amide bonds. The van der Waals surface area contributed by atoms with Crippen molar-refractivity contribution in [1.82, 2.24) is 19.8 Å². The predicted molar refractivity (Wildman–Crippen MR) is 148 cm³/mol. The number of hydrogen-bond donors (Lipinski definition) is 1. The second-order valence-corrected chi connectivity index (χ2v) is 10.6. The van der Waals surface area contributed by atoms with Crippen molar-refractivity contribution in [3.8, 4) is 0 Å². The quantitative estimate of drug-likeness (QED) is 0.505. The fourth-order valence-corrected chi connectivity index (χ4v) is 5.88. The molecule has 2 aromatic heterocycles. The van der Waals surface area contributed by atoms with Crippen LogP contribution in [0.5, 0.6) is 0 Å². The van der Waals surface area contributed by atoms with E-state index in [0.717, 1.165) is 41.5 Å². The molecule has 0 bridgehead atoms. The molecule has 2 N–H and O–H groups in total. The number of nitrogens with zero attached hydrogens (tertiary/aromatic N) is 4. The number of carbonyl (C=O) groups is 3. The van der Waals surface area contributed by atoms with Gasteiger partial charge >= 0.3 is 6.09 Å². The van der Waals surface area contributed by atoms with Gasteiger partial charge in [0.15, 0.2) is 0 Å². The first-order valence-corrected chi connectivity index (χ1v) is 13.7. The molecule has 3 heterocycles. The zero-order valence-corrected chi connectivity index (χ0v) is 22.9. The van der Waals surface area contributed by atoms with Crippen molar-refractivity contribution in [2.45, 2.75) is 51.5 Å². The fourth-order valence-electron chi connectivity index (χ4n) is 5.51. The van der Waals surface area contributed by atoms with Crippen LogP contribution in [0.25, 0.3) is 10.9 Å². The standard InChI is InChI=1S/C29H32ClN5O4/c1-3-12-39-29(38)34-10-11-35(17(2)16-34)28(37)20-5-7-22-24(15-20)33-23-13-18(4-6-21(23)26(22)30)19-8-9-32-25(14-19)27(31)36/h5,7-9,14-15,17-18H,3-4,6,10-13,16H2,1-2H3,(H2,31,36)/t17-,18?/m0/s1. The van der Waals surface area contributed by atoms with Gasteiger partial charge in [-0.05, 0) is 73.9 Å². The van der Waals surface area contributed by atoms with Gasteiger partial charge in [0, 0.05) is 48.5 Å².